The van der Waals surface area contributed by atoms with E-state index < -0.39 is 0 Å². The predicted molar refractivity (Wildman–Crippen MR) is 115 cm³/mol. The Hall–Kier alpha value is -2.49. The van der Waals surface area contributed by atoms with E-state index in [0.29, 0.717) is 10.1 Å². The molecule has 4 rings (SSSR count). The fraction of sp³-hybridized carbons (Fsp3) is 0.158. The molecule has 1 amide bonds. The zero-order valence-corrected chi connectivity index (χ0v) is 17.5. The third kappa shape index (κ3) is 4.01. The maximum absolute atomic E-state index is 12.6. The van der Waals surface area contributed by atoms with Gasteiger partial charge < -0.3 is 4.74 Å². The molecule has 0 fully saturated rings. The van der Waals surface area contributed by atoms with Gasteiger partial charge in [-0.15, -0.1) is 21.5 Å². The van der Waals surface area contributed by atoms with E-state index in [0.717, 1.165) is 25.9 Å². The van der Waals surface area contributed by atoms with Crippen molar-refractivity contribution < 1.29 is 9.53 Å². The van der Waals surface area contributed by atoms with Crippen molar-refractivity contribution in [3.63, 3.8) is 0 Å². The molecule has 1 atom stereocenters. The number of rotatable bonds is 6. The largest absolute Gasteiger partial charge is 0.496 e. The average Bonchev–Trinajstić information content (AvgIpc) is 3.34. The quantitative estimate of drug-likeness (QED) is 0.438. The van der Waals surface area contributed by atoms with E-state index in [2.05, 4.69) is 20.5 Å². The minimum atomic E-state index is -0.306. The molecular formula is C19H16N4O2S3. The summed E-state index contributed by atoms with van der Waals surface area (Å²) in [5.74, 6) is 0.586. The second-order valence-electron chi connectivity index (χ2n) is 5.81. The van der Waals surface area contributed by atoms with Crippen LogP contribution in [-0.2, 0) is 4.79 Å². The molecule has 28 heavy (non-hydrogen) atoms. The van der Waals surface area contributed by atoms with E-state index in [4.69, 9.17) is 4.74 Å². The van der Waals surface area contributed by atoms with E-state index in [9.17, 15) is 4.79 Å². The number of thioether (sulfide) groups is 1. The van der Waals surface area contributed by atoms with Crippen LogP contribution in [0.25, 0.3) is 20.8 Å². The molecule has 1 N–H and O–H groups in total. The van der Waals surface area contributed by atoms with Crippen molar-refractivity contribution in [2.24, 2.45) is 0 Å². The van der Waals surface area contributed by atoms with Crippen LogP contribution in [0.15, 0.2) is 52.9 Å². The van der Waals surface area contributed by atoms with Gasteiger partial charge in [-0.25, -0.2) is 4.98 Å². The number of anilines is 1. The number of benzene rings is 2. The Labute approximate surface area is 174 Å². The van der Waals surface area contributed by atoms with Crippen LogP contribution in [-0.4, -0.2) is 33.4 Å². The van der Waals surface area contributed by atoms with E-state index in [1.54, 1.807) is 18.4 Å². The number of carbonyl (C=O) groups is 1. The summed E-state index contributed by atoms with van der Waals surface area (Å²) >= 11 is 4.34. The van der Waals surface area contributed by atoms with Crippen LogP contribution in [0, 0.1) is 0 Å². The molecular weight excluding hydrogens is 412 g/mol. The number of methoxy groups -OCH3 is 1. The zero-order chi connectivity index (χ0) is 19.5. The van der Waals surface area contributed by atoms with Gasteiger partial charge in [-0.2, -0.15) is 0 Å². The fourth-order valence-electron chi connectivity index (χ4n) is 2.52. The number of aromatic nitrogens is 3. The van der Waals surface area contributed by atoms with Crippen LogP contribution in [0.2, 0.25) is 0 Å². The first-order valence-electron chi connectivity index (χ1n) is 8.44. The summed E-state index contributed by atoms with van der Waals surface area (Å²) < 4.78 is 7.35. The zero-order valence-electron chi connectivity index (χ0n) is 15.1. The molecule has 142 valence electrons. The van der Waals surface area contributed by atoms with Crippen LogP contribution in [0.4, 0.5) is 5.13 Å². The Morgan fingerprint density at radius 1 is 1.11 bits per heavy atom. The lowest BCUT2D eigenvalue weighted by Gasteiger charge is -2.07. The van der Waals surface area contributed by atoms with E-state index >= 15 is 0 Å². The lowest BCUT2D eigenvalue weighted by molar-refractivity contribution is -0.115. The van der Waals surface area contributed by atoms with E-state index in [-0.39, 0.29) is 11.2 Å². The number of hydrogen-bond acceptors (Lipinski definition) is 8. The molecule has 2 aromatic heterocycles. The number of nitrogens with zero attached hydrogens (tertiary/aromatic N) is 3. The summed E-state index contributed by atoms with van der Waals surface area (Å²) in [6.45, 7) is 1.86. The molecule has 9 heteroatoms. The summed E-state index contributed by atoms with van der Waals surface area (Å²) in [7, 11) is 1.61. The third-order valence-electron chi connectivity index (χ3n) is 3.91. The molecule has 0 aliphatic rings. The van der Waals surface area contributed by atoms with Gasteiger partial charge in [0.1, 0.15) is 5.75 Å². The van der Waals surface area contributed by atoms with Crippen molar-refractivity contribution in [2.45, 2.75) is 16.5 Å². The minimum Gasteiger partial charge on any atom is -0.496 e. The van der Waals surface area contributed by atoms with Crippen molar-refractivity contribution in [1.82, 2.24) is 15.2 Å². The SMILES string of the molecule is COc1ccccc1-c1nnc(NC(=O)C(C)Sc2nc3ccccc3s2)s1. The predicted octanol–water partition coefficient (Wildman–Crippen LogP) is 4.94. The Morgan fingerprint density at radius 3 is 2.71 bits per heavy atom. The number of nitrogens with one attached hydrogen (secondary N) is 1. The van der Waals surface area contributed by atoms with Crippen LogP contribution in [0.1, 0.15) is 6.92 Å². The lowest BCUT2D eigenvalue weighted by atomic mass is 10.2. The molecule has 0 aliphatic heterocycles. The highest BCUT2D eigenvalue weighted by Gasteiger charge is 2.19. The molecule has 6 nitrogen and oxygen atoms in total. The Kier molecular flexibility index (Phi) is 5.56. The Morgan fingerprint density at radius 2 is 1.89 bits per heavy atom. The molecule has 0 saturated heterocycles. The normalized spacial score (nSPS) is 12.1. The molecule has 0 saturated carbocycles. The van der Waals surface area contributed by atoms with Gasteiger partial charge in [0.2, 0.25) is 11.0 Å². The van der Waals surface area contributed by atoms with Crippen LogP contribution >= 0.6 is 34.4 Å². The van der Waals surface area contributed by atoms with Gasteiger partial charge in [-0.05, 0) is 31.2 Å². The van der Waals surface area contributed by atoms with Gasteiger partial charge in [-0.1, -0.05) is 47.4 Å². The summed E-state index contributed by atoms with van der Waals surface area (Å²) in [4.78, 5) is 17.1. The second kappa shape index (κ2) is 8.26. The molecule has 0 aliphatic carbocycles. The van der Waals surface area contributed by atoms with Gasteiger partial charge in [0.05, 0.1) is 28.1 Å². The van der Waals surface area contributed by atoms with Crippen molar-refractivity contribution in [1.29, 1.82) is 0 Å². The Balaban J connectivity index is 1.44. The standard InChI is InChI=1S/C19H16N4O2S3/c1-11(26-19-20-13-8-4-6-10-15(13)27-19)16(24)21-18-23-22-17(28-18)12-7-3-5-9-14(12)25-2/h3-11H,1-2H3,(H,21,23,24). The van der Waals surface area contributed by atoms with Gasteiger partial charge in [0, 0.05) is 0 Å². The number of thiazole rings is 1. The number of para-hydroxylation sites is 2. The molecule has 0 spiro atoms. The van der Waals surface area contributed by atoms with Gasteiger partial charge in [0.15, 0.2) is 9.35 Å². The van der Waals surface area contributed by atoms with E-state index in [1.165, 1.54) is 23.1 Å². The molecule has 0 bridgehead atoms. The summed E-state index contributed by atoms with van der Waals surface area (Å²) in [5.41, 5.74) is 1.80. The van der Waals surface area contributed by atoms with Crippen molar-refractivity contribution in [3.05, 3.63) is 48.5 Å². The highest BCUT2D eigenvalue weighted by Crippen LogP contribution is 2.34. The molecule has 4 aromatic rings. The Bertz CT molecular complexity index is 1090. The third-order valence-corrected chi connectivity index (χ3v) is 7.02. The topological polar surface area (TPSA) is 77.0 Å². The smallest absolute Gasteiger partial charge is 0.239 e. The van der Waals surface area contributed by atoms with Gasteiger partial charge >= 0.3 is 0 Å². The molecule has 1 unspecified atom stereocenters. The van der Waals surface area contributed by atoms with Crippen LogP contribution in [0.5, 0.6) is 5.75 Å². The van der Waals surface area contributed by atoms with Crippen molar-refractivity contribution in [2.75, 3.05) is 12.4 Å². The van der Waals surface area contributed by atoms with Gasteiger partial charge in [-0.3, -0.25) is 10.1 Å². The molecule has 2 aromatic carbocycles. The summed E-state index contributed by atoms with van der Waals surface area (Å²) in [5, 5.41) is 12.0. The fourth-order valence-corrected chi connectivity index (χ4v) is 5.51. The van der Waals surface area contributed by atoms with Crippen LogP contribution in [0.3, 0.4) is 0 Å². The molecule has 0 radical (unpaired) electrons. The van der Waals surface area contributed by atoms with Gasteiger partial charge in [0.25, 0.3) is 0 Å². The highest BCUT2D eigenvalue weighted by atomic mass is 32.2. The minimum absolute atomic E-state index is 0.132. The maximum atomic E-state index is 12.6. The first-order valence-corrected chi connectivity index (χ1v) is 11.0. The maximum Gasteiger partial charge on any atom is 0.239 e. The number of hydrogen-bond donors (Lipinski definition) is 1. The molecule has 2 heterocycles. The van der Waals surface area contributed by atoms with Crippen molar-refractivity contribution >= 4 is 55.7 Å². The van der Waals surface area contributed by atoms with Crippen LogP contribution < -0.4 is 10.1 Å². The first kappa shape index (κ1) is 18.9. The summed E-state index contributed by atoms with van der Waals surface area (Å²) in [6, 6.07) is 15.5. The van der Waals surface area contributed by atoms with E-state index in [1.807, 2.05) is 55.5 Å². The lowest BCUT2D eigenvalue weighted by Crippen LogP contribution is -2.22. The highest BCUT2D eigenvalue weighted by molar-refractivity contribution is 8.02. The second-order valence-corrected chi connectivity index (χ2v) is 9.41. The van der Waals surface area contributed by atoms with Crippen molar-refractivity contribution in [3.8, 4) is 16.3 Å². The first-order chi connectivity index (χ1) is 13.6. The number of amides is 1. The summed E-state index contributed by atoms with van der Waals surface area (Å²) in [6.07, 6.45) is 0. The number of fused-ring (bicyclic) bond motifs is 1. The number of ether oxygens (including phenoxy) is 1. The number of carbonyl (C=O) groups excluding carboxylic acids is 1. The average molecular weight is 429 g/mol. The monoisotopic (exact) mass is 428 g/mol.